The molecule has 0 aliphatic rings. The van der Waals surface area contributed by atoms with Gasteiger partial charge in [0.25, 0.3) is 15.9 Å². The number of rotatable bonds is 8. The standard InChI is InChI=1S/C23H23FN2O4S/c1-17-6-5-7-19(16-17)30-15-14-26(2)23(27)18-10-12-20(13-11-18)31(28,29)25-22-9-4-3-8-21(22)24/h3-13,16,25H,14-15H2,1-2H3. The van der Waals surface area contributed by atoms with Gasteiger partial charge in [-0.25, -0.2) is 12.8 Å². The summed E-state index contributed by atoms with van der Waals surface area (Å²) < 4.78 is 46.6. The molecule has 31 heavy (non-hydrogen) atoms. The van der Waals surface area contributed by atoms with E-state index < -0.39 is 15.8 Å². The first-order valence-corrected chi connectivity index (χ1v) is 11.1. The third-order valence-corrected chi connectivity index (χ3v) is 5.94. The van der Waals surface area contributed by atoms with Crippen molar-refractivity contribution in [3.8, 4) is 5.75 Å². The minimum Gasteiger partial charge on any atom is -0.492 e. The highest BCUT2D eigenvalue weighted by atomic mass is 32.2. The summed E-state index contributed by atoms with van der Waals surface area (Å²) in [7, 11) is -2.34. The monoisotopic (exact) mass is 442 g/mol. The van der Waals surface area contributed by atoms with Crippen molar-refractivity contribution in [2.75, 3.05) is 24.9 Å². The van der Waals surface area contributed by atoms with E-state index in [0.717, 1.165) is 17.4 Å². The van der Waals surface area contributed by atoms with Gasteiger partial charge in [-0.2, -0.15) is 0 Å². The lowest BCUT2D eigenvalue weighted by Gasteiger charge is -2.18. The Morgan fingerprint density at radius 2 is 1.74 bits per heavy atom. The summed E-state index contributed by atoms with van der Waals surface area (Å²) in [4.78, 5) is 14.0. The van der Waals surface area contributed by atoms with Crippen LogP contribution in [0.15, 0.2) is 77.7 Å². The summed E-state index contributed by atoms with van der Waals surface area (Å²) in [6.45, 7) is 2.66. The Morgan fingerprint density at radius 3 is 2.42 bits per heavy atom. The Bertz CT molecular complexity index is 1160. The lowest BCUT2D eigenvalue weighted by atomic mass is 10.2. The largest absolute Gasteiger partial charge is 0.492 e. The average Bonchev–Trinajstić information content (AvgIpc) is 2.75. The van der Waals surface area contributed by atoms with E-state index in [4.69, 9.17) is 4.74 Å². The zero-order chi connectivity index (χ0) is 22.4. The fraction of sp³-hybridized carbons (Fsp3) is 0.174. The number of carbonyl (C=O) groups excluding carboxylic acids is 1. The molecular formula is C23H23FN2O4S. The molecule has 1 N–H and O–H groups in total. The van der Waals surface area contributed by atoms with Crippen molar-refractivity contribution in [2.45, 2.75) is 11.8 Å². The number of nitrogens with one attached hydrogen (secondary N) is 1. The van der Waals surface area contributed by atoms with Crippen LogP contribution < -0.4 is 9.46 Å². The number of nitrogens with zero attached hydrogens (tertiary/aromatic N) is 1. The van der Waals surface area contributed by atoms with Gasteiger partial charge >= 0.3 is 0 Å². The molecule has 0 spiro atoms. The van der Waals surface area contributed by atoms with Gasteiger partial charge in [-0.3, -0.25) is 9.52 Å². The smallest absolute Gasteiger partial charge is 0.261 e. The van der Waals surface area contributed by atoms with Gasteiger partial charge in [0.1, 0.15) is 18.2 Å². The molecule has 162 valence electrons. The third-order valence-electron chi connectivity index (χ3n) is 4.56. The number of anilines is 1. The first kappa shape index (κ1) is 22.3. The van der Waals surface area contributed by atoms with Crippen molar-refractivity contribution in [3.05, 3.63) is 89.7 Å². The summed E-state index contributed by atoms with van der Waals surface area (Å²) >= 11 is 0. The quantitative estimate of drug-likeness (QED) is 0.570. The van der Waals surface area contributed by atoms with Crippen molar-refractivity contribution in [2.24, 2.45) is 0 Å². The molecule has 0 heterocycles. The van der Waals surface area contributed by atoms with E-state index >= 15 is 0 Å². The number of aryl methyl sites for hydroxylation is 1. The first-order chi connectivity index (χ1) is 14.8. The second-order valence-electron chi connectivity index (χ2n) is 7.00. The highest BCUT2D eigenvalue weighted by molar-refractivity contribution is 7.92. The van der Waals surface area contributed by atoms with Crippen LogP contribution in [0.25, 0.3) is 0 Å². The van der Waals surface area contributed by atoms with Gasteiger partial charge < -0.3 is 9.64 Å². The maximum absolute atomic E-state index is 13.7. The van der Waals surface area contributed by atoms with Crippen LogP contribution in [0, 0.1) is 12.7 Å². The number of amides is 1. The van der Waals surface area contributed by atoms with Gasteiger partial charge in [-0.1, -0.05) is 24.3 Å². The normalized spacial score (nSPS) is 11.1. The van der Waals surface area contributed by atoms with Gasteiger partial charge in [-0.15, -0.1) is 0 Å². The summed E-state index contributed by atoms with van der Waals surface area (Å²) in [5, 5.41) is 0. The van der Waals surface area contributed by atoms with Gasteiger partial charge in [0, 0.05) is 12.6 Å². The number of ether oxygens (including phenoxy) is 1. The van der Waals surface area contributed by atoms with Crippen LogP contribution in [-0.4, -0.2) is 39.4 Å². The van der Waals surface area contributed by atoms with Gasteiger partial charge in [0.2, 0.25) is 0 Å². The van der Waals surface area contributed by atoms with Crippen molar-refractivity contribution < 1.29 is 22.3 Å². The van der Waals surface area contributed by atoms with Gasteiger partial charge in [0.05, 0.1) is 17.1 Å². The molecule has 0 atom stereocenters. The Kier molecular flexibility index (Phi) is 6.91. The molecule has 0 unspecified atom stereocenters. The van der Waals surface area contributed by atoms with Crippen molar-refractivity contribution in [3.63, 3.8) is 0 Å². The van der Waals surface area contributed by atoms with E-state index in [9.17, 15) is 17.6 Å². The topological polar surface area (TPSA) is 75.7 Å². The third kappa shape index (κ3) is 5.82. The molecule has 3 rings (SSSR count). The van der Waals surface area contributed by atoms with E-state index in [-0.39, 0.29) is 16.5 Å². The van der Waals surface area contributed by atoms with Crippen molar-refractivity contribution in [1.29, 1.82) is 0 Å². The second kappa shape index (κ2) is 9.61. The molecule has 0 saturated carbocycles. The fourth-order valence-corrected chi connectivity index (χ4v) is 3.92. The average molecular weight is 443 g/mol. The van der Waals surface area contributed by atoms with E-state index in [1.54, 1.807) is 7.05 Å². The van der Waals surface area contributed by atoms with E-state index in [1.807, 2.05) is 31.2 Å². The molecule has 0 saturated heterocycles. The summed E-state index contributed by atoms with van der Waals surface area (Å²) in [6, 6.07) is 18.6. The van der Waals surface area contributed by atoms with E-state index in [2.05, 4.69) is 4.72 Å². The lowest BCUT2D eigenvalue weighted by molar-refractivity contribution is 0.0773. The number of halogens is 1. The molecule has 0 fully saturated rings. The highest BCUT2D eigenvalue weighted by Crippen LogP contribution is 2.19. The number of para-hydroxylation sites is 1. The van der Waals surface area contributed by atoms with E-state index in [0.29, 0.717) is 18.7 Å². The molecule has 0 aliphatic heterocycles. The Hall–Kier alpha value is -3.39. The molecule has 8 heteroatoms. The van der Waals surface area contributed by atoms with Crippen LogP contribution in [-0.2, 0) is 10.0 Å². The molecule has 0 radical (unpaired) electrons. The molecule has 0 aromatic heterocycles. The molecule has 3 aromatic rings. The van der Waals surface area contributed by atoms with Crippen LogP contribution in [0.5, 0.6) is 5.75 Å². The molecule has 6 nitrogen and oxygen atoms in total. The molecular weight excluding hydrogens is 419 g/mol. The maximum Gasteiger partial charge on any atom is 0.261 e. The molecule has 0 bridgehead atoms. The summed E-state index contributed by atoms with van der Waals surface area (Å²) in [5.41, 5.74) is 1.28. The summed E-state index contributed by atoms with van der Waals surface area (Å²) in [5.74, 6) is -0.205. The number of likely N-dealkylation sites (N-methyl/N-ethyl adjacent to an activating group) is 1. The first-order valence-electron chi connectivity index (χ1n) is 9.58. The number of benzene rings is 3. The van der Waals surface area contributed by atoms with Crippen LogP contribution in [0.4, 0.5) is 10.1 Å². The number of hydrogen-bond acceptors (Lipinski definition) is 4. The maximum atomic E-state index is 13.7. The van der Waals surface area contributed by atoms with Crippen molar-refractivity contribution in [1.82, 2.24) is 4.90 Å². The SMILES string of the molecule is Cc1cccc(OCCN(C)C(=O)c2ccc(S(=O)(=O)Nc3ccccc3F)cc2)c1. The number of carbonyl (C=O) groups is 1. The Balaban J connectivity index is 1.60. The second-order valence-corrected chi connectivity index (χ2v) is 8.68. The van der Waals surface area contributed by atoms with E-state index in [1.165, 1.54) is 47.4 Å². The number of hydrogen-bond donors (Lipinski definition) is 1. The molecule has 3 aromatic carbocycles. The minimum atomic E-state index is -3.98. The van der Waals surface area contributed by atoms with Crippen LogP contribution in [0.1, 0.15) is 15.9 Å². The fourth-order valence-electron chi connectivity index (χ4n) is 2.85. The Labute approximate surface area is 181 Å². The minimum absolute atomic E-state index is 0.0715. The van der Waals surface area contributed by atoms with Gasteiger partial charge in [-0.05, 0) is 61.0 Å². The van der Waals surface area contributed by atoms with Crippen molar-refractivity contribution >= 4 is 21.6 Å². The predicted octanol–water partition coefficient (Wildman–Crippen LogP) is 4.09. The number of sulfonamides is 1. The van der Waals surface area contributed by atoms with Gasteiger partial charge in [0.15, 0.2) is 0 Å². The Morgan fingerprint density at radius 1 is 1.03 bits per heavy atom. The zero-order valence-electron chi connectivity index (χ0n) is 17.2. The van der Waals surface area contributed by atoms with Crippen LogP contribution in [0.3, 0.4) is 0 Å². The lowest BCUT2D eigenvalue weighted by Crippen LogP contribution is -2.30. The predicted molar refractivity (Wildman–Crippen MR) is 117 cm³/mol. The van der Waals surface area contributed by atoms with Crippen LogP contribution >= 0.6 is 0 Å². The highest BCUT2D eigenvalue weighted by Gasteiger charge is 2.18. The molecule has 0 aliphatic carbocycles. The zero-order valence-corrected chi connectivity index (χ0v) is 18.0. The molecule has 1 amide bonds. The van der Waals surface area contributed by atoms with Crippen LogP contribution in [0.2, 0.25) is 0 Å². The summed E-state index contributed by atoms with van der Waals surface area (Å²) in [6.07, 6.45) is 0.